The lowest BCUT2D eigenvalue weighted by atomic mass is 10.1. The van der Waals surface area contributed by atoms with Crippen LogP contribution in [-0.4, -0.2) is 40.9 Å². The minimum atomic E-state index is 0. The fourth-order valence-electron chi connectivity index (χ4n) is 2.76. The van der Waals surface area contributed by atoms with Gasteiger partial charge in [-0.15, -0.1) is 24.0 Å². The predicted molar refractivity (Wildman–Crippen MR) is 114 cm³/mol. The van der Waals surface area contributed by atoms with Crippen molar-refractivity contribution in [3.05, 3.63) is 54.5 Å². The van der Waals surface area contributed by atoms with Crippen molar-refractivity contribution in [3.8, 4) is 0 Å². The molecule has 134 valence electrons. The second-order valence-electron chi connectivity index (χ2n) is 5.66. The number of aromatic amines is 1. The van der Waals surface area contributed by atoms with Gasteiger partial charge < -0.3 is 15.6 Å². The number of benzene rings is 1. The molecule has 0 spiro atoms. The fraction of sp³-hybridized carbons (Fsp3) is 0.333. The lowest BCUT2D eigenvalue weighted by molar-refractivity contribution is 0.570. The standard InChI is InChI=1S/C18H24N6.HI/c1-19-18(20-9-4-12-24-13-5-10-23-24)21-11-8-15-14-22-17-7-3-2-6-16(15)17;/h2-3,5-7,10,13-14,22H,4,8-9,11-12H2,1H3,(H2,19,20,21);1H. The highest BCUT2D eigenvalue weighted by atomic mass is 127. The van der Waals surface area contributed by atoms with Gasteiger partial charge in [-0.2, -0.15) is 5.10 Å². The van der Waals surface area contributed by atoms with Gasteiger partial charge in [-0.25, -0.2) is 0 Å². The molecule has 3 aromatic rings. The summed E-state index contributed by atoms with van der Waals surface area (Å²) in [6.07, 6.45) is 7.84. The number of hydrogen-bond acceptors (Lipinski definition) is 2. The Balaban J connectivity index is 0.00000225. The van der Waals surface area contributed by atoms with Crippen molar-refractivity contribution < 1.29 is 0 Å². The van der Waals surface area contributed by atoms with Crippen molar-refractivity contribution in [2.45, 2.75) is 19.4 Å². The van der Waals surface area contributed by atoms with Gasteiger partial charge in [0.15, 0.2) is 5.96 Å². The van der Waals surface area contributed by atoms with E-state index in [-0.39, 0.29) is 24.0 Å². The van der Waals surface area contributed by atoms with Crippen LogP contribution in [0.3, 0.4) is 0 Å². The van der Waals surface area contributed by atoms with Crippen molar-refractivity contribution in [2.24, 2.45) is 4.99 Å². The van der Waals surface area contributed by atoms with Crippen LogP contribution >= 0.6 is 24.0 Å². The molecule has 6 nitrogen and oxygen atoms in total. The van der Waals surface area contributed by atoms with E-state index >= 15 is 0 Å². The zero-order valence-corrected chi connectivity index (χ0v) is 16.7. The number of fused-ring (bicyclic) bond motifs is 1. The van der Waals surface area contributed by atoms with E-state index in [1.807, 2.05) is 16.9 Å². The minimum absolute atomic E-state index is 0. The Labute approximate surface area is 165 Å². The van der Waals surface area contributed by atoms with Crippen molar-refractivity contribution in [3.63, 3.8) is 0 Å². The average Bonchev–Trinajstić information content (AvgIpc) is 3.27. The molecular formula is C18H25IN6. The quantitative estimate of drug-likeness (QED) is 0.224. The molecule has 0 fully saturated rings. The first kappa shape index (κ1) is 19.3. The molecular weight excluding hydrogens is 427 g/mol. The first-order chi connectivity index (χ1) is 11.9. The Kier molecular flexibility index (Phi) is 7.77. The molecule has 0 amide bonds. The predicted octanol–water partition coefficient (Wildman–Crippen LogP) is 2.78. The Morgan fingerprint density at radius 1 is 1.20 bits per heavy atom. The van der Waals surface area contributed by atoms with Crippen molar-refractivity contribution in [1.29, 1.82) is 0 Å². The highest BCUT2D eigenvalue weighted by molar-refractivity contribution is 14.0. The third kappa shape index (κ3) is 5.48. The number of halogens is 1. The van der Waals surface area contributed by atoms with E-state index in [0.29, 0.717) is 0 Å². The number of hydrogen-bond donors (Lipinski definition) is 3. The first-order valence-electron chi connectivity index (χ1n) is 8.34. The van der Waals surface area contributed by atoms with Crippen LogP contribution in [0, 0.1) is 0 Å². The summed E-state index contributed by atoms with van der Waals surface area (Å²) < 4.78 is 1.94. The van der Waals surface area contributed by atoms with Crippen LogP contribution in [0.5, 0.6) is 0 Å². The third-order valence-electron chi connectivity index (χ3n) is 4.00. The second-order valence-corrected chi connectivity index (χ2v) is 5.66. The Morgan fingerprint density at radius 3 is 2.84 bits per heavy atom. The van der Waals surface area contributed by atoms with E-state index in [1.54, 1.807) is 13.2 Å². The molecule has 0 aliphatic heterocycles. The average molecular weight is 452 g/mol. The van der Waals surface area contributed by atoms with Gasteiger partial charge in [0.1, 0.15) is 0 Å². The molecule has 7 heteroatoms. The van der Waals surface area contributed by atoms with Gasteiger partial charge in [0.05, 0.1) is 0 Å². The Morgan fingerprint density at radius 2 is 2.04 bits per heavy atom. The van der Waals surface area contributed by atoms with Gasteiger partial charge in [0, 0.05) is 56.2 Å². The number of aryl methyl sites for hydroxylation is 1. The summed E-state index contributed by atoms with van der Waals surface area (Å²) in [5, 5.41) is 12.2. The third-order valence-corrected chi connectivity index (χ3v) is 4.00. The number of aliphatic imine (C=N–C) groups is 1. The number of H-pyrrole nitrogens is 1. The molecule has 0 radical (unpaired) electrons. The molecule has 0 bridgehead atoms. The number of nitrogens with one attached hydrogen (secondary N) is 3. The maximum atomic E-state index is 4.27. The zero-order chi connectivity index (χ0) is 16.6. The monoisotopic (exact) mass is 452 g/mol. The lowest BCUT2D eigenvalue weighted by Crippen LogP contribution is -2.39. The molecule has 0 atom stereocenters. The van der Waals surface area contributed by atoms with E-state index in [2.05, 4.69) is 56.2 Å². The molecule has 0 saturated heterocycles. The van der Waals surface area contributed by atoms with Crippen LogP contribution in [0.15, 0.2) is 53.9 Å². The molecule has 25 heavy (non-hydrogen) atoms. The van der Waals surface area contributed by atoms with Gasteiger partial charge in [0.2, 0.25) is 0 Å². The van der Waals surface area contributed by atoms with E-state index in [0.717, 1.165) is 38.4 Å². The summed E-state index contributed by atoms with van der Waals surface area (Å²) in [5.74, 6) is 0.843. The van der Waals surface area contributed by atoms with Crippen molar-refractivity contribution in [1.82, 2.24) is 25.4 Å². The van der Waals surface area contributed by atoms with Crippen molar-refractivity contribution in [2.75, 3.05) is 20.1 Å². The molecule has 3 N–H and O–H groups in total. The summed E-state index contributed by atoms with van der Waals surface area (Å²) >= 11 is 0. The summed E-state index contributed by atoms with van der Waals surface area (Å²) in [6, 6.07) is 10.3. The van der Waals surface area contributed by atoms with E-state index in [1.165, 1.54) is 16.5 Å². The van der Waals surface area contributed by atoms with Gasteiger partial charge in [-0.1, -0.05) is 18.2 Å². The molecule has 0 unspecified atom stereocenters. The number of nitrogens with zero attached hydrogens (tertiary/aromatic N) is 3. The lowest BCUT2D eigenvalue weighted by Gasteiger charge is -2.11. The van der Waals surface area contributed by atoms with Gasteiger partial charge in [0.25, 0.3) is 0 Å². The summed E-state index contributed by atoms with van der Waals surface area (Å²) in [6.45, 7) is 2.62. The highest BCUT2D eigenvalue weighted by Gasteiger charge is 2.03. The molecule has 2 heterocycles. The summed E-state index contributed by atoms with van der Waals surface area (Å²) in [5.41, 5.74) is 2.51. The number of aromatic nitrogens is 3. The van der Waals surface area contributed by atoms with Gasteiger partial charge >= 0.3 is 0 Å². The topological polar surface area (TPSA) is 70.0 Å². The van der Waals surface area contributed by atoms with Crippen LogP contribution in [0.25, 0.3) is 10.9 Å². The molecule has 2 aromatic heterocycles. The van der Waals surface area contributed by atoms with Crippen LogP contribution in [0.4, 0.5) is 0 Å². The Bertz CT molecular complexity index is 778. The number of rotatable bonds is 7. The molecule has 0 saturated carbocycles. The largest absolute Gasteiger partial charge is 0.361 e. The zero-order valence-electron chi connectivity index (χ0n) is 14.4. The van der Waals surface area contributed by atoms with Crippen LogP contribution in [0.1, 0.15) is 12.0 Å². The highest BCUT2D eigenvalue weighted by Crippen LogP contribution is 2.17. The second kappa shape index (κ2) is 10.1. The van der Waals surface area contributed by atoms with E-state index in [4.69, 9.17) is 0 Å². The molecule has 0 aliphatic carbocycles. The van der Waals surface area contributed by atoms with E-state index in [9.17, 15) is 0 Å². The van der Waals surface area contributed by atoms with E-state index < -0.39 is 0 Å². The van der Waals surface area contributed by atoms with Gasteiger partial charge in [-0.3, -0.25) is 9.67 Å². The van der Waals surface area contributed by atoms with Crippen molar-refractivity contribution >= 4 is 40.8 Å². The minimum Gasteiger partial charge on any atom is -0.361 e. The van der Waals surface area contributed by atoms with Gasteiger partial charge in [-0.05, 0) is 30.5 Å². The SMILES string of the molecule is CN=C(NCCCn1cccn1)NCCc1c[nH]c2ccccc12.I. The normalized spacial score (nSPS) is 11.3. The summed E-state index contributed by atoms with van der Waals surface area (Å²) in [4.78, 5) is 7.58. The molecule has 0 aliphatic rings. The first-order valence-corrected chi connectivity index (χ1v) is 8.34. The van der Waals surface area contributed by atoms with Crippen LogP contribution in [0.2, 0.25) is 0 Å². The van der Waals surface area contributed by atoms with Crippen LogP contribution < -0.4 is 10.6 Å². The fourth-order valence-corrected chi connectivity index (χ4v) is 2.76. The summed E-state index contributed by atoms with van der Waals surface area (Å²) in [7, 11) is 1.80. The Hall–Kier alpha value is -2.03. The maximum Gasteiger partial charge on any atom is 0.190 e. The number of para-hydroxylation sites is 1. The molecule has 3 rings (SSSR count). The van der Waals surface area contributed by atoms with Crippen LogP contribution in [-0.2, 0) is 13.0 Å². The smallest absolute Gasteiger partial charge is 0.190 e. The molecule has 1 aromatic carbocycles. The maximum absolute atomic E-state index is 4.27. The number of guanidine groups is 1.